The van der Waals surface area contributed by atoms with E-state index in [9.17, 15) is 4.79 Å². The molecule has 0 spiro atoms. The van der Waals surface area contributed by atoms with Gasteiger partial charge in [0.2, 0.25) is 0 Å². The third kappa shape index (κ3) is 3.51. The van der Waals surface area contributed by atoms with Crippen LogP contribution in [0, 0.1) is 19.8 Å². The van der Waals surface area contributed by atoms with Gasteiger partial charge in [-0.1, -0.05) is 6.92 Å². The summed E-state index contributed by atoms with van der Waals surface area (Å²) >= 11 is 1.44. The van der Waals surface area contributed by atoms with Crippen molar-refractivity contribution in [2.45, 2.75) is 25.8 Å². The van der Waals surface area contributed by atoms with Crippen LogP contribution in [-0.4, -0.2) is 26.8 Å². The number of carbonyl (C=O) groups is 1. The minimum atomic E-state index is -0.777. The Morgan fingerprint density at radius 1 is 1.60 bits per heavy atom. The number of carboxylic acid groups (broad SMARTS) is 1. The number of hydrogen-bond donors (Lipinski definition) is 1. The topological polar surface area (TPSA) is 63.1 Å². The first-order valence-electron chi connectivity index (χ1n) is 4.66. The quantitative estimate of drug-likeness (QED) is 0.794. The Morgan fingerprint density at radius 3 is 2.87 bits per heavy atom. The highest BCUT2D eigenvalue weighted by Crippen LogP contribution is 2.21. The van der Waals surface area contributed by atoms with Gasteiger partial charge in [0.1, 0.15) is 5.03 Å². The van der Waals surface area contributed by atoms with Crippen molar-refractivity contribution >= 4 is 17.7 Å². The van der Waals surface area contributed by atoms with Crippen molar-refractivity contribution in [3.05, 3.63) is 17.6 Å². The van der Waals surface area contributed by atoms with Crippen LogP contribution in [0.3, 0.4) is 0 Å². The molecule has 1 rings (SSSR count). The molecule has 0 saturated heterocycles. The highest BCUT2D eigenvalue weighted by atomic mass is 32.2. The summed E-state index contributed by atoms with van der Waals surface area (Å²) in [4.78, 5) is 19.1. The summed E-state index contributed by atoms with van der Waals surface area (Å²) in [6, 6.07) is 0. The third-order valence-electron chi connectivity index (χ3n) is 1.92. The smallest absolute Gasteiger partial charge is 0.307 e. The fraction of sp³-hybridized carbons (Fsp3) is 0.500. The molecule has 82 valence electrons. The minimum absolute atomic E-state index is 0.364. The number of hydrogen-bond acceptors (Lipinski definition) is 4. The van der Waals surface area contributed by atoms with Crippen LogP contribution in [0.15, 0.2) is 11.2 Å². The molecule has 5 heteroatoms. The molecule has 1 aromatic rings. The van der Waals surface area contributed by atoms with Crippen LogP contribution in [0.4, 0.5) is 0 Å². The van der Waals surface area contributed by atoms with E-state index in [0.717, 1.165) is 16.4 Å². The van der Waals surface area contributed by atoms with Crippen molar-refractivity contribution in [3.8, 4) is 0 Å². The van der Waals surface area contributed by atoms with Gasteiger partial charge in [-0.2, -0.15) is 0 Å². The van der Waals surface area contributed by atoms with Crippen LogP contribution >= 0.6 is 11.8 Å². The summed E-state index contributed by atoms with van der Waals surface area (Å²) in [5.74, 6) is -0.619. The van der Waals surface area contributed by atoms with E-state index in [2.05, 4.69) is 9.97 Å². The average Bonchev–Trinajstić information content (AvgIpc) is 2.18. The van der Waals surface area contributed by atoms with Gasteiger partial charge in [0, 0.05) is 11.9 Å². The molecule has 1 atom stereocenters. The van der Waals surface area contributed by atoms with Crippen molar-refractivity contribution in [1.82, 2.24) is 9.97 Å². The molecule has 1 N–H and O–H groups in total. The third-order valence-corrected chi connectivity index (χ3v) is 3.25. The monoisotopic (exact) mass is 226 g/mol. The van der Waals surface area contributed by atoms with E-state index in [-0.39, 0.29) is 5.92 Å². The van der Waals surface area contributed by atoms with Crippen LogP contribution in [-0.2, 0) is 4.79 Å². The lowest BCUT2D eigenvalue weighted by atomic mass is 10.2. The van der Waals surface area contributed by atoms with Gasteiger partial charge in [0.05, 0.1) is 17.3 Å². The van der Waals surface area contributed by atoms with E-state index in [4.69, 9.17) is 5.11 Å². The van der Waals surface area contributed by atoms with E-state index < -0.39 is 5.97 Å². The number of nitrogens with zero attached hydrogens (tertiary/aromatic N) is 2. The number of aromatic nitrogens is 2. The van der Waals surface area contributed by atoms with Gasteiger partial charge in [-0.15, -0.1) is 11.8 Å². The van der Waals surface area contributed by atoms with Gasteiger partial charge >= 0.3 is 5.97 Å². The predicted molar refractivity (Wildman–Crippen MR) is 59.0 cm³/mol. The van der Waals surface area contributed by atoms with Gasteiger partial charge in [-0.25, -0.2) is 4.98 Å². The lowest BCUT2D eigenvalue weighted by Crippen LogP contribution is -2.12. The first-order valence-corrected chi connectivity index (χ1v) is 5.65. The van der Waals surface area contributed by atoms with Crippen LogP contribution in [0.2, 0.25) is 0 Å². The van der Waals surface area contributed by atoms with E-state index >= 15 is 0 Å². The Hall–Kier alpha value is -1.10. The Bertz CT molecular complexity index is 368. The number of aryl methyl sites for hydroxylation is 2. The molecular weight excluding hydrogens is 212 g/mol. The zero-order chi connectivity index (χ0) is 11.4. The highest BCUT2D eigenvalue weighted by Gasteiger charge is 2.12. The predicted octanol–water partition coefficient (Wildman–Crippen LogP) is 1.91. The van der Waals surface area contributed by atoms with Crippen LogP contribution in [0.25, 0.3) is 0 Å². The number of thioether (sulfide) groups is 1. The van der Waals surface area contributed by atoms with Crippen LogP contribution in [0.5, 0.6) is 0 Å². The zero-order valence-electron chi connectivity index (χ0n) is 9.02. The average molecular weight is 226 g/mol. The molecule has 0 aliphatic rings. The molecule has 0 radical (unpaired) electrons. The molecule has 0 saturated carbocycles. The second kappa shape index (κ2) is 5.11. The lowest BCUT2D eigenvalue weighted by molar-refractivity contribution is -0.140. The molecule has 15 heavy (non-hydrogen) atoms. The molecule has 1 aromatic heterocycles. The summed E-state index contributed by atoms with van der Waals surface area (Å²) in [6.45, 7) is 5.44. The Labute approximate surface area is 93.1 Å². The van der Waals surface area contributed by atoms with Crippen molar-refractivity contribution in [1.29, 1.82) is 0 Å². The van der Waals surface area contributed by atoms with Gasteiger partial charge < -0.3 is 5.11 Å². The fourth-order valence-electron chi connectivity index (χ4n) is 0.927. The molecule has 4 nitrogen and oxygen atoms in total. The maximum absolute atomic E-state index is 10.6. The number of carboxylic acids is 1. The van der Waals surface area contributed by atoms with Crippen LogP contribution < -0.4 is 0 Å². The summed E-state index contributed by atoms with van der Waals surface area (Å²) in [5.41, 5.74) is 1.70. The molecule has 0 aliphatic heterocycles. The largest absolute Gasteiger partial charge is 0.481 e. The maximum Gasteiger partial charge on any atom is 0.307 e. The molecule has 0 amide bonds. The maximum atomic E-state index is 10.6. The Balaban J connectivity index is 2.65. The van der Waals surface area contributed by atoms with E-state index in [1.54, 1.807) is 13.1 Å². The van der Waals surface area contributed by atoms with E-state index in [1.165, 1.54) is 11.8 Å². The van der Waals surface area contributed by atoms with E-state index in [0.29, 0.717) is 5.75 Å². The highest BCUT2D eigenvalue weighted by molar-refractivity contribution is 7.99. The van der Waals surface area contributed by atoms with E-state index in [1.807, 2.05) is 13.8 Å². The van der Waals surface area contributed by atoms with Crippen LogP contribution in [0.1, 0.15) is 18.3 Å². The van der Waals surface area contributed by atoms with Gasteiger partial charge in [-0.3, -0.25) is 9.78 Å². The molecule has 1 unspecified atom stereocenters. The van der Waals surface area contributed by atoms with Crippen molar-refractivity contribution in [2.24, 2.45) is 5.92 Å². The number of rotatable bonds is 4. The summed E-state index contributed by atoms with van der Waals surface area (Å²) < 4.78 is 0. The fourth-order valence-corrected chi connectivity index (χ4v) is 1.95. The summed E-state index contributed by atoms with van der Waals surface area (Å²) in [6.07, 6.45) is 1.71. The molecular formula is C10H14N2O2S. The second-order valence-electron chi connectivity index (χ2n) is 3.45. The van der Waals surface area contributed by atoms with Crippen molar-refractivity contribution < 1.29 is 9.90 Å². The SMILES string of the molecule is Cc1cnc(C)c(SCC(C)C(=O)O)n1. The van der Waals surface area contributed by atoms with Gasteiger partial charge in [0.25, 0.3) is 0 Å². The first-order chi connectivity index (χ1) is 7.00. The number of aliphatic carboxylic acids is 1. The standard InChI is InChI=1S/C10H14N2O2S/c1-6(10(13)14)5-15-9-8(3)11-4-7(2)12-9/h4,6H,5H2,1-3H3,(H,13,14). The molecule has 0 bridgehead atoms. The molecule has 0 aliphatic carbocycles. The first kappa shape index (κ1) is 12.0. The minimum Gasteiger partial charge on any atom is -0.481 e. The normalized spacial score (nSPS) is 12.5. The van der Waals surface area contributed by atoms with Gasteiger partial charge in [-0.05, 0) is 13.8 Å². The summed E-state index contributed by atoms with van der Waals surface area (Å²) in [7, 11) is 0. The Kier molecular flexibility index (Phi) is 4.08. The Morgan fingerprint density at radius 2 is 2.27 bits per heavy atom. The molecule has 1 heterocycles. The second-order valence-corrected chi connectivity index (χ2v) is 4.46. The van der Waals surface area contributed by atoms with Gasteiger partial charge in [0.15, 0.2) is 0 Å². The molecule has 0 aromatic carbocycles. The lowest BCUT2D eigenvalue weighted by Gasteiger charge is -2.07. The summed E-state index contributed by atoms with van der Waals surface area (Å²) in [5, 5.41) is 9.56. The zero-order valence-corrected chi connectivity index (χ0v) is 9.84. The van der Waals surface area contributed by atoms with Crippen molar-refractivity contribution in [2.75, 3.05) is 5.75 Å². The van der Waals surface area contributed by atoms with Crippen molar-refractivity contribution in [3.63, 3.8) is 0 Å². The molecule has 0 fully saturated rings.